The van der Waals surface area contributed by atoms with E-state index in [1.807, 2.05) is 6.08 Å². The predicted octanol–water partition coefficient (Wildman–Crippen LogP) is 11.8. The van der Waals surface area contributed by atoms with Crippen LogP contribution in [0.15, 0.2) is 74.1 Å². The van der Waals surface area contributed by atoms with Crippen LogP contribution in [0.1, 0.15) is 109 Å². The molecule has 0 amide bonds. The minimum absolute atomic E-state index is 0.0299. The van der Waals surface area contributed by atoms with Gasteiger partial charge in [0.2, 0.25) is 0 Å². The van der Waals surface area contributed by atoms with E-state index in [0.717, 1.165) is 86.5 Å². The van der Waals surface area contributed by atoms with Gasteiger partial charge in [0.25, 0.3) is 0 Å². The van der Waals surface area contributed by atoms with Gasteiger partial charge in [0.05, 0.1) is 39.9 Å². The first kappa shape index (κ1) is 48.3. The van der Waals surface area contributed by atoms with Crippen LogP contribution in [0.4, 0.5) is 5.69 Å². The first-order valence-electron chi connectivity index (χ1n) is 24.2. The fourth-order valence-electron chi connectivity index (χ4n) is 10.4. The summed E-state index contributed by atoms with van der Waals surface area (Å²) in [6, 6.07) is 10.8. The molecule has 0 bridgehead atoms. The number of thiol groups is 1. The summed E-state index contributed by atoms with van der Waals surface area (Å²) < 4.78 is 4.72. The van der Waals surface area contributed by atoms with E-state index in [9.17, 15) is 0 Å². The maximum Gasteiger partial charge on any atom is 0.124 e. The van der Waals surface area contributed by atoms with Gasteiger partial charge in [-0.3, -0.25) is 9.88 Å². The molecule has 0 radical (unpaired) electrons. The molecule has 0 spiro atoms. The average Bonchev–Trinajstić information content (AvgIpc) is 3.85. The van der Waals surface area contributed by atoms with E-state index in [-0.39, 0.29) is 23.5 Å². The summed E-state index contributed by atoms with van der Waals surface area (Å²) in [5, 5.41) is 6.09. The van der Waals surface area contributed by atoms with E-state index in [0.29, 0.717) is 24.2 Å². The smallest absolute Gasteiger partial charge is 0.124 e. The van der Waals surface area contributed by atoms with E-state index in [1.165, 1.54) is 56.8 Å². The molecular weight excluding hydrogens is 825 g/mol. The number of anilines is 1. The third-order valence-corrected chi connectivity index (χ3v) is 15.6. The maximum atomic E-state index is 5.51. The van der Waals surface area contributed by atoms with Gasteiger partial charge in [-0.15, -0.1) is 24.5 Å². The van der Waals surface area contributed by atoms with E-state index < -0.39 is 0 Å². The molecule has 3 aliphatic rings. The standard InChI is InChI=1S/C54H78N8S2/c1-14-36(7)50-44(32-42(34-55-50)60-28-26-59(27-29-60)41-19-20-41)52-45(33-54(9,10)11)43-30-39(18-21-48(43)61(52)17-4)53-57-46(31-40(16-3)56-37(8)51(35(5)6)58(12)13)49(64-53)23-22-47-38(15-2)24-25-62(47)63/h15-16,18,21-23,30,32,34-36,38,40-41,47,51,56,63H,2-3,8,14,17,19-20,24-29,31,33H2,1,4-7,9-13H3/b23-22+/t36?,38?,40?,47-,51+/m1/s1. The zero-order valence-corrected chi connectivity index (χ0v) is 42.5. The Morgan fingerprint density at radius 2 is 1.77 bits per heavy atom. The Labute approximate surface area is 396 Å². The second kappa shape index (κ2) is 20.5. The molecule has 10 heteroatoms. The zero-order chi connectivity index (χ0) is 46.0. The molecule has 346 valence electrons. The maximum absolute atomic E-state index is 5.51. The minimum atomic E-state index is -0.0299. The Balaban J connectivity index is 1.33. The van der Waals surface area contributed by atoms with Gasteiger partial charge in [-0.25, -0.2) is 9.29 Å². The van der Waals surface area contributed by atoms with Gasteiger partial charge in [-0.05, 0) is 112 Å². The molecule has 3 unspecified atom stereocenters. The molecule has 7 rings (SSSR count). The van der Waals surface area contributed by atoms with Crippen molar-refractivity contribution in [2.45, 2.75) is 131 Å². The van der Waals surface area contributed by atoms with Crippen molar-refractivity contribution in [3.8, 4) is 21.8 Å². The number of fused-ring (bicyclic) bond motifs is 1. The fraction of sp³-hybridized carbons (Fsp3) is 0.556. The molecule has 64 heavy (non-hydrogen) atoms. The normalized spacial score (nSPS) is 20.5. The summed E-state index contributed by atoms with van der Waals surface area (Å²) in [5.41, 5.74) is 11.0. The molecule has 1 aromatic carbocycles. The summed E-state index contributed by atoms with van der Waals surface area (Å²) in [5.74, 6) is 1.11. The summed E-state index contributed by atoms with van der Waals surface area (Å²) >= 11 is 6.64. The highest BCUT2D eigenvalue weighted by Crippen LogP contribution is 2.44. The van der Waals surface area contributed by atoms with Gasteiger partial charge >= 0.3 is 0 Å². The highest BCUT2D eigenvalue weighted by molar-refractivity contribution is 7.77. The topological polar surface area (TPSA) is 55.7 Å². The molecule has 1 saturated carbocycles. The number of nitrogens with one attached hydrogen (secondary N) is 1. The number of aromatic nitrogens is 3. The van der Waals surface area contributed by atoms with Crippen molar-refractivity contribution in [3.05, 3.63) is 96.0 Å². The van der Waals surface area contributed by atoms with Crippen molar-refractivity contribution in [3.63, 3.8) is 0 Å². The van der Waals surface area contributed by atoms with Gasteiger partial charge in [0, 0.05) is 91.5 Å². The van der Waals surface area contributed by atoms with Crippen LogP contribution in [0.25, 0.3) is 38.8 Å². The van der Waals surface area contributed by atoms with E-state index in [4.69, 9.17) is 22.8 Å². The Kier molecular flexibility index (Phi) is 15.4. The van der Waals surface area contributed by atoms with Gasteiger partial charge in [-0.2, -0.15) is 0 Å². The molecule has 3 fully saturated rings. The van der Waals surface area contributed by atoms with Crippen LogP contribution in [0.3, 0.4) is 0 Å². The van der Waals surface area contributed by atoms with Crippen LogP contribution in [-0.2, 0) is 19.4 Å². The molecular formula is C54H78N8S2. The molecule has 2 saturated heterocycles. The molecule has 5 heterocycles. The van der Waals surface area contributed by atoms with Crippen molar-refractivity contribution in [2.75, 3.05) is 51.7 Å². The van der Waals surface area contributed by atoms with E-state index >= 15 is 0 Å². The van der Waals surface area contributed by atoms with Crippen LogP contribution in [-0.4, -0.2) is 99.6 Å². The molecule has 1 N–H and O–H groups in total. The number of thiazole rings is 1. The van der Waals surface area contributed by atoms with Gasteiger partial charge < -0.3 is 19.7 Å². The summed E-state index contributed by atoms with van der Waals surface area (Å²) in [7, 11) is 4.25. The van der Waals surface area contributed by atoms with Crippen molar-refractivity contribution < 1.29 is 0 Å². The number of nitrogens with zero attached hydrogens (tertiary/aromatic N) is 7. The minimum Gasteiger partial charge on any atom is -0.381 e. The molecule has 3 aromatic heterocycles. The lowest BCUT2D eigenvalue weighted by Crippen LogP contribution is -2.47. The number of hydrogen-bond donors (Lipinski definition) is 2. The predicted molar refractivity (Wildman–Crippen MR) is 280 cm³/mol. The number of benzene rings is 1. The first-order valence-corrected chi connectivity index (χ1v) is 25.4. The second-order valence-corrected chi connectivity index (χ2v) is 22.2. The number of rotatable bonds is 19. The van der Waals surface area contributed by atoms with Crippen molar-refractivity contribution >= 4 is 46.8 Å². The Hall–Kier alpha value is -3.67. The fourth-order valence-corrected chi connectivity index (χ4v) is 11.8. The van der Waals surface area contributed by atoms with Gasteiger partial charge in [0.1, 0.15) is 5.01 Å². The summed E-state index contributed by atoms with van der Waals surface area (Å²) in [6.45, 7) is 37.7. The van der Waals surface area contributed by atoms with Gasteiger partial charge in [0.15, 0.2) is 0 Å². The van der Waals surface area contributed by atoms with Gasteiger partial charge in [-0.1, -0.05) is 86.1 Å². The molecule has 5 atom stereocenters. The molecule has 1 aliphatic carbocycles. The van der Waals surface area contributed by atoms with Crippen LogP contribution in [0.2, 0.25) is 0 Å². The average molecular weight is 903 g/mol. The zero-order valence-electron chi connectivity index (χ0n) is 40.8. The number of aryl methyl sites for hydroxylation is 1. The van der Waals surface area contributed by atoms with Crippen molar-refractivity contribution in [1.29, 1.82) is 0 Å². The Morgan fingerprint density at radius 1 is 1.03 bits per heavy atom. The summed E-state index contributed by atoms with van der Waals surface area (Å²) in [4.78, 5) is 19.5. The highest BCUT2D eigenvalue weighted by atomic mass is 32.1. The van der Waals surface area contributed by atoms with Crippen molar-refractivity contribution in [2.24, 2.45) is 17.3 Å². The molecule has 4 aromatic rings. The highest BCUT2D eigenvalue weighted by Gasteiger charge is 2.33. The van der Waals surface area contributed by atoms with Crippen LogP contribution in [0.5, 0.6) is 0 Å². The number of piperazine rings is 1. The van der Waals surface area contributed by atoms with Crippen LogP contribution in [0, 0.1) is 17.3 Å². The first-order chi connectivity index (χ1) is 30.5. The Morgan fingerprint density at radius 3 is 2.38 bits per heavy atom. The quantitative estimate of drug-likeness (QED) is 0.0718. The van der Waals surface area contributed by atoms with Crippen LogP contribution < -0.4 is 10.2 Å². The number of hydrogen-bond acceptors (Lipinski definition) is 9. The Bertz CT molecular complexity index is 2290. The monoisotopic (exact) mass is 903 g/mol. The SMILES string of the molecule is C=CC(Cc1nc(-c2ccc3c(c2)c(CC(C)(C)C)c(-c2cc(N4CCN(C5CC5)CC4)cnc2C(C)CC)n3CC)sc1/C=C/[C@@H]1C(C=C)CCN1S)NC(=C)[C@H](C(C)C)N(C)C. The van der Waals surface area contributed by atoms with Crippen LogP contribution >= 0.6 is 24.2 Å². The van der Waals surface area contributed by atoms with E-state index in [1.54, 1.807) is 11.3 Å². The lowest BCUT2D eigenvalue weighted by molar-refractivity contribution is 0.248. The number of pyridine rings is 1. The lowest BCUT2D eigenvalue weighted by Gasteiger charge is -2.36. The molecule has 2 aliphatic heterocycles. The third-order valence-electron chi connectivity index (χ3n) is 14.0. The van der Waals surface area contributed by atoms with Crippen molar-refractivity contribution in [1.82, 2.24) is 34.0 Å². The molecule has 8 nitrogen and oxygen atoms in total. The van der Waals surface area contributed by atoms with E-state index in [2.05, 4.69) is 167 Å². The summed E-state index contributed by atoms with van der Waals surface area (Å²) in [6.07, 6.45) is 17.3. The largest absolute Gasteiger partial charge is 0.381 e. The lowest BCUT2D eigenvalue weighted by atomic mass is 9.85. The third kappa shape index (κ3) is 10.6. The second-order valence-electron chi connectivity index (χ2n) is 20.6. The number of likely N-dealkylation sites (N-methyl/N-ethyl adjacent to an activating group) is 1.